The van der Waals surface area contributed by atoms with E-state index in [0.29, 0.717) is 5.76 Å². The van der Waals surface area contributed by atoms with Crippen molar-refractivity contribution in [3.8, 4) is 0 Å². The highest BCUT2D eigenvalue weighted by atomic mass is 32.2. The lowest BCUT2D eigenvalue weighted by molar-refractivity contribution is -0.113. The van der Waals surface area contributed by atoms with Crippen molar-refractivity contribution < 1.29 is 22.8 Å². The van der Waals surface area contributed by atoms with E-state index in [1.165, 1.54) is 24.6 Å². The van der Waals surface area contributed by atoms with Crippen LogP contribution in [0.5, 0.6) is 0 Å². The Kier molecular flexibility index (Phi) is 3.22. The van der Waals surface area contributed by atoms with E-state index in [1.54, 1.807) is 6.92 Å². The van der Waals surface area contributed by atoms with Gasteiger partial charge in [0, 0.05) is 13.1 Å². The first-order valence-electron chi connectivity index (χ1n) is 6.07. The third kappa shape index (κ3) is 2.07. The third-order valence-corrected chi connectivity index (χ3v) is 5.96. The monoisotopic (exact) mass is 341 g/mol. The molecule has 0 saturated carbocycles. The van der Waals surface area contributed by atoms with E-state index in [1.807, 2.05) is 0 Å². The van der Waals surface area contributed by atoms with Gasteiger partial charge in [-0.25, -0.2) is 8.42 Å². The molecule has 0 fully saturated rings. The second-order valence-corrected chi connectivity index (χ2v) is 7.41. The van der Waals surface area contributed by atoms with Crippen LogP contribution in [0.4, 0.5) is 5.82 Å². The number of carbonyl (C=O) groups is 1. The summed E-state index contributed by atoms with van der Waals surface area (Å²) < 4.78 is 30.3. The lowest BCUT2D eigenvalue weighted by atomic mass is 10.3. The van der Waals surface area contributed by atoms with E-state index in [-0.39, 0.29) is 27.0 Å². The first-order valence-corrected chi connectivity index (χ1v) is 8.39. The molecule has 3 heterocycles. The molecule has 0 bridgehead atoms. The van der Waals surface area contributed by atoms with Crippen molar-refractivity contribution >= 4 is 38.8 Å². The van der Waals surface area contributed by atoms with Crippen molar-refractivity contribution in [3.63, 3.8) is 0 Å². The predicted molar refractivity (Wildman–Crippen MR) is 78.7 cm³/mol. The van der Waals surface area contributed by atoms with E-state index in [0.717, 1.165) is 15.6 Å². The van der Waals surface area contributed by atoms with Crippen LogP contribution in [0, 0.1) is 6.92 Å². The number of anilines is 1. The summed E-state index contributed by atoms with van der Waals surface area (Å²) >= 11 is 1.04. The normalized spacial score (nSPS) is 16.5. The van der Waals surface area contributed by atoms with Crippen LogP contribution in [-0.2, 0) is 14.8 Å². The zero-order valence-corrected chi connectivity index (χ0v) is 13.2. The molecule has 1 aliphatic heterocycles. The summed E-state index contributed by atoms with van der Waals surface area (Å²) in [5.41, 5.74) is -0.365. The highest BCUT2D eigenvalue weighted by Crippen LogP contribution is 2.38. The van der Waals surface area contributed by atoms with Crippen LogP contribution in [0.3, 0.4) is 0 Å². The maximum absolute atomic E-state index is 12.4. The van der Waals surface area contributed by atoms with E-state index in [9.17, 15) is 18.3 Å². The lowest BCUT2D eigenvalue weighted by Crippen LogP contribution is -2.36. The highest BCUT2D eigenvalue weighted by molar-refractivity contribution is 7.89. The number of aromatic nitrogens is 1. The first kappa shape index (κ1) is 14.6. The molecule has 1 amide bonds. The Hall–Kier alpha value is -2.33. The average Bonchev–Trinajstić information content (AvgIpc) is 3.06. The minimum atomic E-state index is -3.87. The summed E-state index contributed by atoms with van der Waals surface area (Å²) in [6.45, 7) is 1.65. The van der Waals surface area contributed by atoms with Crippen LogP contribution >= 0.6 is 11.3 Å². The van der Waals surface area contributed by atoms with Crippen LogP contribution in [0.15, 0.2) is 32.6 Å². The fourth-order valence-corrected chi connectivity index (χ4v) is 4.60. The van der Waals surface area contributed by atoms with Crippen LogP contribution in [0.2, 0.25) is 0 Å². The van der Waals surface area contributed by atoms with Gasteiger partial charge in [0.25, 0.3) is 15.9 Å². The van der Waals surface area contributed by atoms with Crippen LogP contribution in [0.1, 0.15) is 10.6 Å². The summed E-state index contributed by atoms with van der Waals surface area (Å²) in [6, 6.07) is 2.86. The second kappa shape index (κ2) is 4.85. The van der Waals surface area contributed by atoms with Crippen molar-refractivity contribution in [2.24, 2.45) is 0 Å². The molecule has 0 radical (unpaired) electrons. The van der Waals surface area contributed by atoms with Gasteiger partial charge in [0.15, 0.2) is 17.3 Å². The summed E-state index contributed by atoms with van der Waals surface area (Å²) in [5.74, 6) is -0.569. The summed E-state index contributed by atoms with van der Waals surface area (Å²) in [7, 11) is -2.67. The molecule has 3 rings (SSSR count). The molecule has 116 valence electrons. The Morgan fingerprint density at radius 2 is 2.23 bits per heavy atom. The molecule has 0 aliphatic carbocycles. The molecule has 0 saturated heterocycles. The fraction of sp³-hybridized carbons (Fsp3) is 0.167. The largest absolute Gasteiger partial charge is 0.504 e. The maximum Gasteiger partial charge on any atom is 0.278 e. The molecule has 2 N–H and O–H groups in total. The Bertz CT molecular complexity index is 894. The van der Waals surface area contributed by atoms with Crippen molar-refractivity contribution in [2.45, 2.75) is 11.8 Å². The number of aliphatic hydroxyl groups is 1. The minimum absolute atomic E-state index is 0.0219. The number of likely N-dealkylation sites (N-methyl/N-ethyl adjacent to an activating group) is 1. The number of nitrogens with one attached hydrogen (secondary N) is 1. The van der Waals surface area contributed by atoms with Gasteiger partial charge >= 0.3 is 0 Å². The van der Waals surface area contributed by atoms with E-state index < -0.39 is 15.9 Å². The number of sulfonamides is 1. The SMILES string of the molecule is Cc1cc(NC(=O)C2=C(O)c3sccc3S(=O)(=O)N2C)no1. The van der Waals surface area contributed by atoms with Crippen LogP contribution < -0.4 is 5.32 Å². The van der Waals surface area contributed by atoms with Gasteiger partial charge in [-0.2, -0.15) is 0 Å². The highest BCUT2D eigenvalue weighted by Gasteiger charge is 2.38. The maximum atomic E-state index is 12.4. The third-order valence-electron chi connectivity index (χ3n) is 3.11. The smallest absolute Gasteiger partial charge is 0.278 e. The van der Waals surface area contributed by atoms with Crippen molar-refractivity contribution in [1.29, 1.82) is 0 Å². The first-order chi connectivity index (χ1) is 10.3. The Balaban J connectivity index is 2.05. The number of rotatable bonds is 2. The number of nitrogens with zero attached hydrogens (tertiary/aromatic N) is 2. The molecule has 0 atom stereocenters. The number of aryl methyl sites for hydroxylation is 1. The number of hydrogen-bond donors (Lipinski definition) is 2. The summed E-state index contributed by atoms with van der Waals surface area (Å²) in [5, 5.41) is 17.8. The van der Waals surface area contributed by atoms with Crippen LogP contribution in [0.25, 0.3) is 5.76 Å². The van der Waals surface area contributed by atoms with Gasteiger partial charge in [-0.3, -0.25) is 9.10 Å². The molecule has 0 unspecified atom stereocenters. The number of aliphatic hydroxyl groups excluding tert-OH is 1. The number of hydrogen-bond acceptors (Lipinski definition) is 7. The molecule has 0 spiro atoms. The van der Waals surface area contributed by atoms with Gasteiger partial charge in [-0.15, -0.1) is 11.3 Å². The van der Waals surface area contributed by atoms with Crippen molar-refractivity contribution in [2.75, 3.05) is 12.4 Å². The Labute approximate surface area is 129 Å². The Morgan fingerprint density at radius 1 is 1.50 bits per heavy atom. The molecule has 2 aromatic heterocycles. The topological polar surface area (TPSA) is 113 Å². The molecule has 1 aliphatic rings. The predicted octanol–water partition coefficient (Wildman–Crippen LogP) is 1.54. The van der Waals surface area contributed by atoms with Gasteiger partial charge in [-0.05, 0) is 18.4 Å². The average molecular weight is 341 g/mol. The van der Waals surface area contributed by atoms with Gasteiger partial charge in [0.05, 0.1) is 4.88 Å². The van der Waals surface area contributed by atoms with Gasteiger partial charge in [0.2, 0.25) is 0 Å². The molecule has 22 heavy (non-hydrogen) atoms. The molecule has 0 aromatic carbocycles. The minimum Gasteiger partial charge on any atom is -0.504 e. The second-order valence-electron chi connectivity index (χ2n) is 4.56. The summed E-state index contributed by atoms with van der Waals surface area (Å²) in [6.07, 6.45) is 0. The van der Waals surface area contributed by atoms with E-state index in [4.69, 9.17) is 4.52 Å². The van der Waals surface area contributed by atoms with Gasteiger partial charge in [0.1, 0.15) is 10.7 Å². The van der Waals surface area contributed by atoms with Crippen LogP contribution in [-0.4, -0.2) is 35.9 Å². The Morgan fingerprint density at radius 3 is 2.86 bits per heavy atom. The molecular weight excluding hydrogens is 330 g/mol. The molecular formula is C12H11N3O5S2. The number of thiophene rings is 1. The molecule has 10 heteroatoms. The quantitative estimate of drug-likeness (QED) is 0.857. The van der Waals surface area contributed by atoms with E-state index >= 15 is 0 Å². The number of amides is 1. The van der Waals surface area contributed by atoms with Crippen molar-refractivity contribution in [1.82, 2.24) is 9.46 Å². The number of fused-ring (bicyclic) bond motifs is 1. The number of carbonyl (C=O) groups excluding carboxylic acids is 1. The fourth-order valence-electron chi connectivity index (χ4n) is 2.05. The van der Waals surface area contributed by atoms with Gasteiger partial charge in [-0.1, -0.05) is 5.16 Å². The van der Waals surface area contributed by atoms with Crippen molar-refractivity contribution in [3.05, 3.63) is 33.8 Å². The molecule has 2 aromatic rings. The van der Waals surface area contributed by atoms with E-state index in [2.05, 4.69) is 10.5 Å². The standard InChI is InChI=1S/C12H11N3O5S2/c1-6-5-8(14-20-6)13-12(17)9-10(16)11-7(3-4-21-11)22(18,19)15(9)2/h3-5,16H,1-2H3,(H,13,14,17). The lowest BCUT2D eigenvalue weighted by Gasteiger charge is -2.26. The zero-order chi connectivity index (χ0) is 16.1. The zero-order valence-electron chi connectivity index (χ0n) is 11.5. The summed E-state index contributed by atoms with van der Waals surface area (Å²) in [4.78, 5) is 12.4. The molecule has 8 nitrogen and oxygen atoms in total. The van der Waals surface area contributed by atoms with Gasteiger partial charge < -0.3 is 14.9 Å².